The molecule has 4 rings (SSSR count). The van der Waals surface area contributed by atoms with Crippen LogP contribution in [0.25, 0.3) is 0 Å². The van der Waals surface area contributed by atoms with Crippen LogP contribution in [0.15, 0.2) is 48.2 Å². The Morgan fingerprint density at radius 1 is 1.02 bits per heavy atom. The molecular weight excluding hydrogens is 723 g/mol. The van der Waals surface area contributed by atoms with Gasteiger partial charge in [0.25, 0.3) is 0 Å². The van der Waals surface area contributed by atoms with Crippen molar-refractivity contribution in [2.45, 2.75) is 59.0 Å². The second kappa shape index (κ2) is 17.6. The van der Waals surface area contributed by atoms with Crippen LogP contribution in [0.5, 0.6) is 17.2 Å². The molecule has 1 heterocycles. The zero-order valence-electron chi connectivity index (χ0n) is 30.0. The Morgan fingerprint density at radius 3 is 2.40 bits per heavy atom. The molecule has 1 aliphatic heterocycles. The van der Waals surface area contributed by atoms with E-state index >= 15 is 13.2 Å². The molecule has 1 aliphatic rings. The van der Waals surface area contributed by atoms with E-state index in [9.17, 15) is 19.5 Å². The highest BCUT2D eigenvalue weighted by Crippen LogP contribution is 2.36. The monoisotopic (exact) mass is 763 g/mol. The molecule has 3 aromatic carbocycles. The van der Waals surface area contributed by atoms with Crippen molar-refractivity contribution in [3.8, 4) is 17.2 Å². The topological polar surface area (TPSA) is 145 Å². The number of esters is 1. The van der Waals surface area contributed by atoms with Crippen LogP contribution in [0.1, 0.15) is 55.6 Å². The number of aliphatic hydroxyl groups is 1. The SMILES string of the molecule is CCOC(=O)/C(=C\Nc1cc(NCc2ccc(OC)cc2OC)c(F)cc1CO)C(=O)c1cc(F)c(OC2CCN(C(=O)OC(C)(C)C)C2)c(Cl)c1F. The molecule has 1 saturated heterocycles. The number of carbonyl (C=O) groups is 3. The van der Waals surface area contributed by atoms with Gasteiger partial charge in [0.15, 0.2) is 17.4 Å². The van der Waals surface area contributed by atoms with Crippen molar-refractivity contribution in [2.75, 3.05) is 44.5 Å². The van der Waals surface area contributed by atoms with Crippen molar-refractivity contribution in [3.05, 3.63) is 87.3 Å². The molecule has 0 spiro atoms. The molecule has 0 aliphatic carbocycles. The smallest absolute Gasteiger partial charge is 0.410 e. The number of likely N-dealkylation sites (tertiary alicyclic amines) is 1. The number of hydrogen-bond donors (Lipinski definition) is 3. The number of aliphatic hydroxyl groups excluding tert-OH is 1. The number of amides is 1. The first-order valence-corrected chi connectivity index (χ1v) is 16.9. The number of ether oxygens (including phenoxy) is 5. The summed E-state index contributed by atoms with van der Waals surface area (Å²) < 4.78 is 72.8. The molecule has 3 aromatic rings. The summed E-state index contributed by atoms with van der Waals surface area (Å²) in [5.74, 6) is -5.41. The first-order valence-electron chi connectivity index (χ1n) is 16.5. The molecule has 0 bridgehead atoms. The molecule has 1 atom stereocenters. The number of nitrogens with zero attached hydrogens (tertiary/aromatic N) is 1. The van der Waals surface area contributed by atoms with E-state index in [1.807, 2.05) is 0 Å². The lowest BCUT2D eigenvalue weighted by atomic mass is 10.0. The Hall–Kier alpha value is -5.15. The number of benzene rings is 3. The van der Waals surface area contributed by atoms with E-state index in [2.05, 4.69) is 10.6 Å². The van der Waals surface area contributed by atoms with Crippen LogP contribution in [0.3, 0.4) is 0 Å². The largest absolute Gasteiger partial charge is 0.497 e. The summed E-state index contributed by atoms with van der Waals surface area (Å²) in [6, 6.07) is 7.96. The van der Waals surface area contributed by atoms with Crippen molar-refractivity contribution >= 4 is 40.8 Å². The molecule has 0 aromatic heterocycles. The van der Waals surface area contributed by atoms with E-state index in [0.29, 0.717) is 23.1 Å². The van der Waals surface area contributed by atoms with Crippen LogP contribution in [-0.2, 0) is 27.4 Å². The number of methoxy groups -OCH3 is 2. The van der Waals surface area contributed by atoms with Crippen molar-refractivity contribution < 1.29 is 56.3 Å². The highest BCUT2D eigenvalue weighted by molar-refractivity contribution is 6.33. The summed E-state index contributed by atoms with van der Waals surface area (Å²) in [5, 5.41) is 14.7. The average molecular weight is 764 g/mol. The van der Waals surface area contributed by atoms with Crippen molar-refractivity contribution in [3.63, 3.8) is 0 Å². The van der Waals surface area contributed by atoms with E-state index in [1.54, 1.807) is 39.0 Å². The minimum atomic E-state index is -1.37. The summed E-state index contributed by atoms with van der Waals surface area (Å²) in [7, 11) is 2.98. The van der Waals surface area contributed by atoms with Gasteiger partial charge in [-0.15, -0.1) is 0 Å². The third kappa shape index (κ3) is 10.0. The van der Waals surface area contributed by atoms with Gasteiger partial charge in [0.2, 0.25) is 5.78 Å². The van der Waals surface area contributed by atoms with Crippen LogP contribution in [0.2, 0.25) is 5.02 Å². The predicted octanol–water partition coefficient (Wildman–Crippen LogP) is 7.01. The molecule has 1 amide bonds. The molecular formula is C37H41ClF3N3O9. The third-order valence-electron chi connectivity index (χ3n) is 7.88. The summed E-state index contributed by atoms with van der Waals surface area (Å²) in [6.07, 6.45) is -0.209. The van der Waals surface area contributed by atoms with Crippen molar-refractivity contribution in [2.24, 2.45) is 0 Å². The number of carbonyl (C=O) groups excluding carboxylic acids is 3. The molecule has 0 radical (unpaired) electrons. The van der Waals surface area contributed by atoms with E-state index in [0.717, 1.165) is 12.3 Å². The Morgan fingerprint density at radius 2 is 1.75 bits per heavy atom. The zero-order valence-corrected chi connectivity index (χ0v) is 30.8. The first-order chi connectivity index (χ1) is 25.1. The van der Waals surface area contributed by atoms with Crippen molar-refractivity contribution in [1.29, 1.82) is 0 Å². The fourth-order valence-electron chi connectivity index (χ4n) is 5.26. The maximum Gasteiger partial charge on any atom is 0.410 e. The number of ketones is 1. The van der Waals surface area contributed by atoms with E-state index in [1.165, 1.54) is 32.1 Å². The predicted molar refractivity (Wildman–Crippen MR) is 190 cm³/mol. The van der Waals surface area contributed by atoms with Crippen LogP contribution in [-0.4, -0.2) is 73.5 Å². The van der Waals surface area contributed by atoms with Gasteiger partial charge in [0, 0.05) is 48.6 Å². The number of hydrogen-bond acceptors (Lipinski definition) is 11. The first kappa shape index (κ1) is 40.6. The van der Waals surface area contributed by atoms with Crippen LogP contribution in [0, 0.1) is 17.5 Å². The standard InChI is InChI=1S/C37H41ClF3N3O9/c1-7-51-35(47)25(17-43-28-15-29(26(39)12-21(28)19-45)42-16-20-8-9-22(49-5)13-30(20)50-6)33(46)24-14-27(40)34(31(38)32(24)41)52-23-10-11-44(18-23)36(48)53-37(2,3)4/h8-9,12-15,17,23,42-43,45H,7,10-11,16,18-19H2,1-6H3/b25-17-. The Kier molecular flexibility index (Phi) is 13.5. The van der Waals surface area contributed by atoms with Gasteiger partial charge < -0.3 is 44.3 Å². The second-order valence-corrected chi connectivity index (χ2v) is 13.1. The number of nitrogens with one attached hydrogen (secondary N) is 2. The molecule has 1 fully saturated rings. The highest BCUT2D eigenvalue weighted by Gasteiger charge is 2.34. The molecule has 286 valence electrons. The number of Topliss-reactive ketones (excluding diaryl/α,β-unsaturated/α-hetero) is 1. The van der Waals surface area contributed by atoms with E-state index < -0.39 is 75.5 Å². The normalized spacial score (nSPS) is 14.4. The zero-order chi connectivity index (χ0) is 39.0. The van der Waals surface area contributed by atoms with Gasteiger partial charge in [-0.25, -0.2) is 22.8 Å². The third-order valence-corrected chi connectivity index (χ3v) is 8.22. The number of halogens is 4. The van der Waals surface area contributed by atoms with Gasteiger partial charge in [-0.2, -0.15) is 0 Å². The minimum absolute atomic E-state index is 0.0144. The molecule has 12 nitrogen and oxygen atoms in total. The summed E-state index contributed by atoms with van der Waals surface area (Å²) in [5.41, 5.74) is -1.65. The molecule has 0 saturated carbocycles. The number of rotatable bonds is 14. The van der Waals surface area contributed by atoms with Crippen LogP contribution < -0.4 is 24.8 Å². The maximum absolute atomic E-state index is 15.7. The molecule has 53 heavy (non-hydrogen) atoms. The summed E-state index contributed by atoms with van der Waals surface area (Å²) in [4.78, 5) is 40.4. The van der Waals surface area contributed by atoms with E-state index in [-0.39, 0.29) is 49.6 Å². The molecule has 16 heteroatoms. The fraction of sp³-hybridized carbons (Fsp3) is 0.378. The molecule has 3 N–H and O–H groups in total. The van der Waals surface area contributed by atoms with Gasteiger partial charge in [-0.05, 0) is 58.0 Å². The van der Waals surface area contributed by atoms with Gasteiger partial charge in [0.1, 0.15) is 39.6 Å². The summed E-state index contributed by atoms with van der Waals surface area (Å²) >= 11 is 6.18. The molecule has 1 unspecified atom stereocenters. The average Bonchev–Trinajstić information content (AvgIpc) is 3.59. The van der Waals surface area contributed by atoms with Crippen LogP contribution in [0.4, 0.5) is 29.3 Å². The van der Waals surface area contributed by atoms with Crippen molar-refractivity contribution in [1.82, 2.24) is 4.90 Å². The Bertz CT molecular complexity index is 1880. The van der Waals surface area contributed by atoms with E-state index in [4.69, 9.17) is 35.3 Å². The number of anilines is 2. The lowest BCUT2D eigenvalue weighted by Crippen LogP contribution is -2.36. The lowest BCUT2D eigenvalue weighted by Gasteiger charge is -2.24. The van der Waals surface area contributed by atoms with Gasteiger partial charge in [-0.3, -0.25) is 4.79 Å². The quantitative estimate of drug-likeness (QED) is 0.0390. The second-order valence-electron chi connectivity index (χ2n) is 12.7. The Balaban J connectivity index is 1.59. The fourth-order valence-corrected chi connectivity index (χ4v) is 5.50. The minimum Gasteiger partial charge on any atom is -0.497 e. The maximum atomic E-state index is 15.7. The highest BCUT2D eigenvalue weighted by atomic mass is 35.5. The lowest BCUT2D eigenvalue weighted by molar-refractivity contribution is -0.138. The van der Waals surface area contributed by atoms with Gasteiger partial charge in [-0.1, -0.05) is 11.6 Å². The Labute approximate surface area is 309 Å². The van der Waals surface area contributed by atoms with Gasteiger partial charge >= 0.3 is 12.1 Å². The summed E-state index contributed by atoms with van der Waals surface area (Å²) in [6.45, 7) is 6.15. The van der Waals surface area contributed by atoms with Gasteiger partial charge in [0.05, 0.1) is 45.2 Å². The van der Waals surface area contributed by atoms with Crippen LogP contribution >= 0.6 is 11.6 Å².